The molecule has 7 heteroatoms. The van der Waals surface area contributed by atoms with Crippen molar-refractivity contribution in [1.29, 1.82) is 0 Å². The van der Waals surface area contributed by atoms with E-state index < -0.39 is 33.4 Å². The molecule has 0 bridgehead atoms. The van der Waals surface area contributed by atoms with E-state index in [0.29, 0.717) is 12.8 Å². The van der Waals surface area contributed by atoms with Crippen molar-refractivity contribution in [2.45, 2.75) is 43.2 Å². The average Bonchev–Trinajstić information content (AvgIpc) is 3.10. The zero-order chi connectivity index (χ0) is 15.1. The molecular weight excluding hydrogens is 285 g/mol. The van der Waals surface area contributed by atoms with Crippen LogP contribution in [0.5, 0.6) is 0 Å². The highest BCUT2D eigenvalue weighted by molar-refractivity contribution is 7.89. The van der Waals surface area contributed by atoms with Crippen LogP contribution in [0.15, 0.2) is 29.2 Å². The van der Waals surface area contributed by atoms with E-state index in [-0.39, 0.29) is 4.90 Å². The molecule has 1 aromatic rings. The Labute approximate surface area is 117 Å². The number of hydrogen-bond acceptors (Lipinski definition) is 3. The molecule has 1 aliphatic rings. The van der Waals surface area contributed by atoms with Gasteiger partial charge in [0.15, 0.2) is 0 Å². The number of aliphatic carboxylic acids is 1. The van der Waals surface area contributed by atoms with Gasteiger partial charge in [-0.1, -0.05) is 0 Å². The third-order valence-corrected chi connectivity index (χ3v) is 5.54. The van der Waals surface area contributed by atoms with Gasteiger partial charge in [-0.2, -0.15) is 4.31 Å². The number of benzene rings is 1. The van der Waals surface area contributed by atoms with Crippen molar-refractivity contribution in [3.05, 3.63) is 30.1 Å². The first-order chi connectivity index (χ1) is 9.21. The Bertz CT molecular complexity index is 620. The van der Waals surface area contributed by atoms with Gasteiger partial charge in [-0.15, -0.1) is 0 Å². The number of carboxylic acids is 1. The lowest BCUT2D eigenvalue weighted by Gasteiger charge is -2.31. The van der Waals surface area contributed by atoms with Crippen molar-refractivity contribution in [1.82, 2.24) is 4.31 Å². The topological polar surface area (TPSA) is 74.7 Å². The van der Waals surface area contributed by atoms with Gasteiger partial charge < -0.3 is 5.11 Å². The van der Waals surface area contributed by atoms with Crippen LogP contribution >= 0.6 is 0 Å². The van der Waals surface area contributed by atoms with Crippen molar-refractivity contribution in [2.75, 3.05) is 0 Å². The second-order valence-electron chi connectivity index (χ2n) is 5.19. The highest BCUT2D eigenvalue weighted by Gasteiger charge is 2.60. The van der Waals surface area contributed by atoms with Crippen LogP contribution in [0.3, 0.4) is 0 Å². The first-order valence-corrected chi connectivity index (χ1v) is 7.69. The molecule has 5 nitrogen and oxygen atoms in total. The second kappa shape index (κ2) is 4.82. The fourth-order valence-corrected chi connectivity index (χ4v) is 4.35. The molecule has 1 N–H and O–H groups in total. The lowest BCUT2D eigenvalue weighted by Crippen LogP contribution is -2.50. The Morgan fingerprint density at radius 2 is 1.80 bits per heavy atom. The van der Waals surface area contributed by atoms with Crippen molar-refractivity contribution in [3.63, 3.8) is 0 Å². The van der Waals surface area contributed by atoms with Gasteiger partial charge in [0, 0.05) is 6.04 Å². The first-order valence-electron chi connectivity index (χ1n) is 6.25. The predicted molar refractivity (Wildman–Crippen MR) is 70.2 cm³/mol. The number of nitrogens with zero attached hydrogens (tertiary/aromatic N) is 1. The third-order valence-electron chi connectivity index (χ3n) is 3.38. The highest BCUT2D eigenvalue weighted by atomic mass is 32.2. The van der Waals surface area contributed by atoms with Crippen LogP contribution in [0.25, 0.3) is 0 Å². The second-order valence-corrected chi connectivity index (χ2v) is 7.00. The molecule has 0 saturated heterocycles. The zero-order valence-corrected chi connectivity index (χ0v) is 12.0. The van der Waals surface area contributed by atoms with Gasteiger partial charge in [0.2, 0.25) is 10.0 Å². The maximum atomic E-state index is 12.9. The van der Waals surface area contributed by atoms with Crippen molar-refractivity contribution >= 4 is 16.0 Å². The Morgan fingerprint density at radius 1 is 1.30 bits per heavy atom. The average molecular weight is 301 g/mol. The van der Waals surface area contributed by atoms with Gasteiger partial charge >= 0.3 is 5.97 Å². The molecule has 0 radical (unpaired) electrons. The molecular formula is C13H16FNO4S. The summed E-state index contributed by atoms with van der Waals surface area (Å²) in [5, 5.41) is 9.31. The number of carboxylic acid groups (broad SMARTS) is 1. The molecule has 0 aromatic heterocycles. The van der Waals surface area contributed by atoms with E-state index in [1.165, 1.54) is 0 Å². The molecule has 0 amide bonds. The predicted octanol–water partition coefficient (Wildman–Crippen LogP) is 1.84. The summed E-state index contributed by atoms with van der Waals surface area (Å²) >= 11 is 0. The summed E-state index contributed by atoms with van der Waals surface area (Å²) in [5.74, 6) is -1.68. The van der Waals surface area contributed by atoms with Gasteiger partial charge in [0.25, 0.3) is 0 Å². The lowest BCUT2D eigenvalue weighted by atomic mass is 10.2. The smallest absolute Gasteiger partial charge is 0.325 e. The van der Waals surface area contributed by atoms with Crippen molar-refractivity contribution in [2.24, 2.45) is 0 Å². The summed E-state index contributed by atoms with van der Waals surface area (Å²) < 4.78 is 39.2. The molecule has 20 heavy (non-hydrogen) atoms. The normalized spacial score (nSPS) is 17.4. The van der Waals surface area contributed by atoms with Crippen molar-refractivity contribution < 1.29 is 22.7 Å². The first kappa shape index (κ1) is 14.9. The maximum absolute atomic E-state index is 12.9. The number of hydrogen-bond donors (Lipinski definition) is 1. The standard InChI is InChI=1S/C13H16FNO4S/c1-9(2)15(13(7-8-13)12(16)17)20(18,19)11-5-3-10(14)4-6-11/h3-6,9H,7-8H2,1-2H3,(H,16,17). The number of rotatable bonds is 5. The Hall–Kier alpha value is -1.47. The van der Waals surface area contributed by atoms with Crippen LogP contribution < -0.4 is 0 Å². The fourth-order valence-electron chi connectivity index (χ4n) is 2.37. The van der Waals surface area contributed by atoms with E-state index in [1.54, 1.807) is 13.8 Å². The largest absolute Gasteiger partial charge is 0.480 e. The highest BCUT2D eigenvalue weighted by Crippen LogP contribution is 2.46. The number of halogens is 1. The molecule has 1 aliphatic carbocycles. The minimum absolute atomic E-state index is 0.0971. The van der Waals surface area contributed by atoms with Crippen LogP contribution in [0, 0.1) is 5.82 Å². The molecule has 0 atom stereocenters. The SMILES string of the molecule is CC(C)N(C1(C(=O)O)CC1)S(=O)(=O)c1ccc(F)cc1. The van der Waals surface area contributed by atoms with Crippen LogP contribution in [0.2, 0.25) is 0 Å². The van der Waals surface area contributed by atoms with Crippen molar-refractivity contribution in [3.8, 4) is 0 Å². The molecule has 0 unspecified atom stereocenters. The fraction of sp³-hybridized carbons (Fsp3) is 0.462. The molecule has 0 aliphatic heterocycles. The summed E-state index contributed by atoms with van der Waals surface area (Å²) in [6, 6.07) is 3.90. The minimum Gasteiger partial charge on any atom is -0.480 e. The molecule has 110 valence electrons. The Morgan fingerprint density at radius 3 is 2.15 bits per heavy atom. The van der Waals surface area contributed by atoms with Gasteiger partial charge in [-0.25, -0.2) is 12.8 Å². The van der Waals surface area contributed by atoms with E-state index in [4.69, 9.17) is 0 Å². The molecule has 1 aromatic carbocycles. The lowest BCUT2D eigenvalue weighted by molar-refractivity contribution is -0.143. The van der Waals surface area contributed by atoms with E-state index in [1.807, 2.05) is 0 Å². The summed E-state index contributed by atoms with van der Waals surface area (Å²) in [7, 11) is -3.97. The summed E-state index contributed by atoms with van der Waals surface area (Å²) in [4.78, 5) is 11.3. The third kappa shape index (κ3) is 2.31. The molecule has 0 spiro atoms. The minimum atomic E-state index is -3.97. The Kier molecular flexibility index (Phi) is 3.60. The molecule has 1 fully saturated rings. The van der Waals surface area contributed by atoms with Gasteiger partial charge in [-0.3, -0.25) is 4.79 Å². The number of carbonyl (C=O) groups is 1. The molecule has 1 saturated carbocycles. The van der Waals surface area contributed by atoms with Crippen LogP contribution in [0.4, 0.5) is 4.39 Å². The van der Waals surface area contributed by atoms with Crippen LogP contribution in [-0.4, -0.2) is 35.4 Å². The van der Waals surface area contributed by atoms with E-state index in [2.05, 4.69) is 0 Å². The van der Waals surface area contributed by atoms with Crippen LogP contribution in [0.1, 0.15) is 26.7 Å². The maximum Gasteiger partial charge on any atom is 0.325 e. The quantitative estimate of drug-likeness (QED) is 0.900. The molecule has 2 rings (SSSR count). The Balaban J connectivity index is 2.49. The summed E-state index contributed by atoms with van der Waals surface area (Å²) in [5.41, 5.74) is -1.36. The van der Waals surface area contributed by atoms with Gasteiger partial charge in [-0.05, 0) is 51.0 Å². The van der Waals surface area contributed by atoms with Gasteiger partial charge in [0.1, 0.15) is 11.4 Å². The number of sulfonamides is 1. The summed E-state index contributed by atoms with van der Waals surface area (Å²) in [6.45, 7) is 3.26. The van der Waals surface area contributed by atoms with Gasteiger partial charge in [0.05, 0.1) is 4.90 Å². The van der Waals surface area contributed by atoms with E-state index >= 15 is 0 Å². The van der Waals surface area contributed by atoms with E-state index in [0.717, 1.165) is 28.6 Å². The van der Waals surface area contributed by atoms with Crippen LogP contribution in [-0.2, 0) is 14.8 Å². The van der Waals surface area contributed by atoms with E-state index in [9.17, 15) is 22.7 Å². The monoisotopic (exact) mass is 301 g/mol. The molecule has 0 heterocycles. The zero-order valence-electron chi connectivity index (χ0n) is 11.2. The summed E-state index contributed by atoms with van der Waals surface area (Å²) in [6.07, 6.45) is 0.585.